The first-order valence-corrected chi connectivity index (χ1v) is 8.15. The van der Waals surface area contributed by atoms with Crippen LogP contribution in [0.2, 0.25) is 0 Å². The Morgan fingerprint density at radius 2 is 2.16 bits per heavy atom. The fourth-order valence-electron chi connectivity index (χ4n) is 3.18. The van der Waals surface area contributed by atoms with Crippen LogP contribution in [0.15, 0.2) is 36.7 Å². The van der Waals surface area contributed by atoms with E-state index < -0.39 is 0 Å². The van der Waals surface area contributed by atoms with Gasteiger partial charge in [0.25, 0.3) is 0 Å². The molecule has 2 amide bonds. The van der Waals surface area contributed by atoms with E-state index in [0.29, 0.717) is 24.5 Å². The molecule has 3 rings (SSSR count). The molecule has 7 heteroatoms. The predicted octanol–water partition coefficient (Wildman–Crippen LogP) is 1.44. The maximum absolute atomic E-state index is 12.7. The van der Waals surface area contributed by atoms with Crippen molar-refractivity contribution in [1.82, 2.24) is 14.7 Å². The Labute approximate surface area is 146 Å². The van der Waals surface area contributed by atoms with Crippen molar-refractivity contribution in [2.45, 2.75) is 13.0 Å². The van der Waals surface area contributed by atoms with Crippen LogP contribution in [-0.2, 0) is 23.2 Å². The molecule has 0 bridgehead atoms. The molecule has 0 aliphatic carbocycles. The summed E-state index contributed by atoms with van der Waals surface area (Å²) < 4.78 is 7.04. The topological polar surface area (TPSA) is 67.7 Å². The Bertz CT molecular complexity index is 786. The van der Waals surface area contributed by atoms with Gasteiger partial charge in [-0.1, -0.05) is 12.1 Å². The van der Waals surface area contributed by atoms with Crippen molar-refractivity contribution in [2.24, 2.45) is 13.0 Å². The molecule has 1 aliphatic rings. The molecule has 1 aromatic carbocycles. The summed E-state index contributed by atoms with van der Waals surface area (Å²) in [5.41, 5.74) is 1.67. The first kappa shape index (κ1) is 17.0. The third-order valence-corrected chi connectivity index (χ3v) is 4.40. The van der Waals surface area contributed by atoms with E-state index in [0.717, 1.165) is 5.56 Å². The maximum atomic E-state index is 12.7. The number of carbonyl (C=O) groups is 2. The highest BCUT2D eigenvalue weighted by Crippen LogP contribution is 2.33. The Kier molecular flexibility index (Phi) is 4.74. The number of nitrogens with zero attached hydrogens (tertiary/aromatic N) is 4. The third-order valence-electron chi connectivity index (χ3n) is 4.40. The quantitative estimate of drug-likeness (QED) is 0.825. The number of rotatable bonds is 5. The van der Waals surface area contributed by atoms with Gasteiger partial charge in [0.15, 0.2) is 0 Å². The highest BCUT2D eigenvalue weighted by molar-refractivity contribution is 6.01. The van der Waals surface area contributed by atoms with Crippen LogP contribution in [0.1, 0.15) is 12.0 Å². The number of aryl methyl sites for hydroxylation is 1. The van der Waals surface area contributed by atoms with E-state index >= 15 is 0 Å². The normalized spacial score (nSPS) is 17.0. The summed E-state index contributed by atoms with van der Waals surface area (Å²) in [5.74, 6) is 0.193. The summed E-state index contributed by atoms with van der Waals surface area (Å²) >= 11 is 0. The second-order valence-corrected chi connectivity index (χ2v) is 6.29. The number of ether oxygens (including phenoxy) is 1. The van der Waals surface area contributed by atoms with Crippen LogP contribution in [-0.4, -0.2) is 47.2 Å². The summed E-state index contributed by atoms with van der Waals surface area (Å²) in [6, 6.07) is 7.36. The zero-order valence-corrected chi connectivity index (χ0v) is 14.7. The summed E-state index contributed by atoms with van der Waals surface area (Å²) in [5, 5.41) is 4.11. The molecule has 25 heavy (non-hydrogen) atoms. The lowest BCUT2D eigenvalue weighted by Crippen LogP contribution is -2.34. The van der Waals surface area contributed by atoms with Crippen LogP contribution in [0.4, 0.5) is 5.69 Å². The fourth-order valence-corrected chi connectivity index (χ4v) is 3.18. The molecular formula is C18H22N4O3. The van der Waals surface area contributed by atoms with Gasteiger partial charge in [-0.2, -0.15) is 5.10 Å². The van der Waals surface area contributed by atoms with Gasteiger partial charge in [0, 0.05) is 45.4 Å². The lowest BCUT2D eigenvalue weighted by Gasteiger charge is -2.22. The van der Waals surface area contributed by atoms with Crippen LogP contribution in [0, 0.1) is 5.92 Å². The van der Waals surface area contributed by atoms with Gasteiger partial charge in [0.05, 0.1) is 24.9 Å². The molecular weight excluding hydrogens is 320 g/mol. The Morgan fingerprint density at radius 3 is 2.84 bits per heavy atom. The van der Waals surface area contributed by atoms with Crippen LogP contribution in [0.3, 0.4) is 0 Å². The number of anilines is 1. The molecule has 1 fully saturated rings. The van der Waals surface area contributed by atoms with Crippen molar-refractivity contribution in [3.8, 4) is 5.75 Å². The first-order valence-electron chi connectivity index (χ1n) is 8.15. The van der Waals surface area contributed by atoms with E-state index in [1.165, 1.54) is 0 Å². The molecule has 1 atom stereocenters. The van der Waals surface area contributed by atoms with E-state index in [9.17, 15) is 9.59 Å². The van der Waals surface area contributed by atoms with Gasteiger partial charge in [-0.15, -0.1) is 0 Å². The number of methoxy groups -OCH3 is 1. The average molecular weight is 342 g/mol. The molecule has 0 saturated carbocycles. The molecule has 1 unspecified atom stereocenters. The van der Waals surface area contributed by atoms with Gasteiger partial charge in [0.2, 0.25) is 11.8 Å². The van der Waals surface area contributed by atoms with Crippen molar-refractivity contribution < 1.29 is 14.3 Å². The standard InChI is InChI=1S/C18H22N4O3/c1-20(10-13-9-19-21(2)11-13)18(24)14-8-17(23)22(12-14)15-6-4-5-7-16(15)25-3/h4-7,9,11,14H,8,10,12H2,1-3H3. The lowest BCUT2D eigenvalue weighted by molar-refractivity contribution is -0.135. The third kappa shape index (κ3) is 3.50. The van der Waals surface area contributed by atoms with Crippen LogP contribution in [0.5, 0.6) is 5.75 Å². The highest BCUT2D eigenvalue weighted by atomic mass is 16.5. The predicted molar refractivity (Wildman–Crippen MR) is 93.1 cm³/mol. The minimum absolute atomic E-state index is 0.0328. The smallest absolute Gasteiger partial charge is 0.228 e. The average Bonchev–Trinajstić information content (AvgIpc) is 3.19. The number of hydrogen-bond acceptors (Lipinski definition) is 4. The number of para-hydroxylation sites is 2. The van der Waals surface area contributed by atoms with Gasteiger partial charge in [-0.3, -0.25) is 14.3 Å². The fraction of sp³-hybridized carbons (Fsp3) is 0.389. The van der Waals surface area contributed by atoms with Crippen molar-refractivity contribution in [3.63, 3.8) is 0 Å². The molecule has 0 spiro atoms. The zero-order chi connectivity index (χ0) is 18.0. The van der Waals surface area contributed by atoms with Crippen molar-refractivity contribution in [2.75, 3.05) is 25.6 Å². The summed E-state index contributed by atoms with van der Waals surface area (Å²) in [6.45, 7) is 0.849. The van der Waals surface area contributed by atoms with Crippen molar-refractivity contribution >= 4 is 17.5 Å². The van der Waals surface area contributed by atoms with Crippen LogP contribution in [0.25, 0.3) is 0 Å². The molecule has 7 nitrogen and oxygen atoms in total. The van der Waals surface area contributed by atoms with E-state index in [4.69, 9.17) is 4.74 Å². The molecule has 2 aromatic rings. The van der Waals surface area contributed by atoms with Crippen molar-refractivity contribution in [3.05, 3.63) is 42.2 Å². The number of aromatic nitrogens is 2. The number of carbonyl (C=O) groups excluding carboxylic acids is 2. The molecule has 1 saturated heterocycles. The Balaban J connectivity index is 1.70. The van der Waals surface area contributed by atoms with Crippen LogP contribution < -0.4 is 9.64 Å². The first-order chi connectivity index (χ1) is 12.0. The summed E-state index contributed by atoms with van der Waals surface area (Å²) in [6.07, 6.45) is 3.84. The molecule has 132 valence electrons. The largest absolute Gasteiger partial charge is 0.495 e. The minimum atomic E-state index is -0.348. The van der Waals surface area contributed by atoms with Crippen molar-refractivity contribution in [1.29, 1.82) is 0 Å². The van der Waals surface area contributed by atoms with E-state index in [-0.39, 0.29) is 24.2 Å². The van der Waals surface area contributed by atoms with Crippen LogP contribution >= 0.6 is 0 Å². The molecule has 1 aromatic heterocycles. The number of hydrogen-bond donors (Lipinski definition) is 0. The van der Waals surface area contributed by atoms with E-state index in [2.05, 4.69) is 5.10 Å². The van der Waals surface area contributed by atoms with Gasteiger partial charge >= 0.3 is 0 Å². The van der Waals surface area contributed by atoms with Gasteiger partial charge in [0.1, 0.15) is 5.75 Å². The Morgan fingerprint density at radius 1 is 1.40 bits per heavy atom. The Hall–Kier alpha value is -2.83. The molecule has 2 heterocycles. The summed E-state index contributed by atoms with van der Waals surface area (Å²) in [4.78, 5) is 28.4. The molecule has 0 radical (unpaired) electrons. The second kappa shape index (κ2) is 6.96. The zero-order valence-electron chi connectivity index (χ0n) is 14.7. The SMILES string of the molecule is COc1ccccc1N1CC(C(=O)N(C)Cc2cnn(C)c2)CC1=O. The maximum Gasteiger partial charge on any atom is 0.228 e. The molecule has 0 N–H and O–H groups in total. The van der Waals surface area contributed by atoms with E-state index in [1.807, 2.05) is 37.5 Å². The van der Waals surface area contributed by atoms with E-state index in [1.54, 1.807) is 34.8 Å². The highest BCUT2D eigenvalue weighted by Gasteiger charge is 2.37. The lowest BCUT2D eigenvalue weighted by atomic mass is 10.1. The molecule has 1 aliphatic heterocycles. The van der Waals surface area contributed by atoms with Gasteiger partial charge < -0.3 is 14.5 Å². The minimum Gasteiger partial charge on any atom is -0.495 e. The van der Waals surface area contributed by atoms with Gasteiger partial charge in [-0.05, 0) is 12.1 Å². The second-order valence-electron chi connectivity index (χ2n) is 6.29. The number of amides is 2. The van der Waals surface area contributed by atoms with Gasteiger partial charge in [-0.25, -0.2) is 0 Å². The number of benzene rings is 1. The monoisotopic (exact) mass is 342 g/mol. The summed E-state index contributed by atoms with van der Waals surface area (Å²) in [7, 11) is 5.17.